The van der Waals surface area contributed by atoms with E-state index in [1.54, 1.807) is 23.7 Å². The summed E-state index contributed by atoms with van der Waals surface area (Å²) < 4.78 is 0. The Morgan fingerprint density at radius 2 is 1.89 bits per heavy atom. The molecule has 0 radical (unpaired) electrons. The van der Waals surface area contributed by atoms with Gasteiger partial charge in [-0.2, -0.15) is 0 Å². The molecule has 96 valence electrons. The molecule has 2 aromatic carbocycles. The molecule has 0 fully saturated rings. The molecule has 0 spiro atoms. The number of nitrogens with one attached hydrogen (secondary N) is 1. The Morgan fingerprint density at radius 1 is 1.16 bits per heavy atom. The number of hydroxylamine groups is 1. The van der Waals surface area contributed by atoms with Crippen molar-refractivity contribution in [3.63, 3.8) is 0 Å². The highest BCUT2D eigenvalue weighted by molar-refractivity contribution is 6.30. The minimum absolute atomic E-state index is 0.584. The Bertz CT molecular complexity index is 609. The zero-order valence-electron chi connectivity index (χ0n) is 10.0. The predicted octanol–water partition coefficient (Wildman–Crippen LogP) is 3.53. The first kappa shape index (κ1) is 13.3. The van der Waals surface area contributed by atoms with E-state index in [9.17, 15) is 4.79 Å². The van der Waals surface area contributed by atoms with Gasteiger partial charge in [0.25, 0.3) is 5.91 Å². The minimum Gasteiger partial charge on any atom is -0.288 e. The largest absolute Gasteiger partial charge is 0.288 e. The summed E-state index contributed by atoms with van der Waals surface area (Å²) in [5.74, 6) is -0.584. The summed E-state index contributed by atoms with van der Waals surface area (Å²) in [7, 11) is 0. The SMILES string of the molecule is O=C(C=Cc1cc(Cl)ccc1-c1ccccc1)NO. The molecule has 0 heterocycles. The fourth-order valence-electron chi connectivity index (χ4n) is 1.75. The Hall–Kier alpha value is -2.10. The molecule has 0 bridgehead atoms. The maximum Gasteiger partial charge on any atom is 0.267 e. The highest BCUT2D eigenvalue weighted by Gasteiger charge is 2.04. The van der Waals surface area contributed by atoms with E-state index in [0.717, 1.165) is 16.7 Å². The van der Waals surface area contributed by atoms with Gasteiger partial charge in [0.05, 0.1) is 0 Å². The van der Waals surface area contributed by atoms with Gasteiger partial charge < -0.3 is 0 Å². The van der Waals surface area contributed by atoms with Crippen LogP contribution in [0.15, 0.2) is 54.6 Å². The van der Waals surface area contributed by atoms with Crippen molar-refractivity contribution in [3.05, 3.63) is 65.2 Å². The number of amides is 1. The predicted molar refractivity (Wildman–Crippen MR) is 75.9 cm³/mol. The smallest absolute Gasteiger partial charge is 0.267 e. The molecule has 3 nitrogen and oxygen atoms in total. The molecule has 0 aliphatic carbocycles. The van der Waals surface area contributed by atoms with Crippen LogP contribution in [0, 0.1) is 0 Å². The van der Waals surface area contributed by atoms with E-state index < -0.39 is 5.91 Å². The van der Waals surface area contributed by atoms with Gasteiger partial charge >= 0.3 is 0 Å². The Balaban J connectivity index is 2.44. The molecule has 2 N–H and O–H groups in total. The summed E-state index contributed by atoms with van der Waals surface area (Å²) in [5, 5.41) is 9.06. The fraction of sp³-hybridized carbons (Fsp3) is 0. The third-order valence-electron chi connectivity index (χ3n) is 2.62. The van der Waals surface area contributed by atoms with Crippen LogP contribution in [0.4, 0.5) is 0 Å². The molecule has 0 saturated carbocycles. The van der Waals surface area contributed by atoms with Gasteiger partial charge in [-0.25, -0.2) is 5.48 Å². The third kappa shape index (κ3) is 3.44. The maximum atomic E-state index is 11.0. The lowest BCUT2D eigenvalue weighted by Gasteiger charge is -2.07. The summed E-state index contributed by atoms with van der Waals surface area (Å²) in [5.41, 5.74) is 4.35. The lowest BCUT2D eigenvalue weighted by atomic mass is 9.99. The van der Waals surface area contributed by atoms with Gasteiger partial charge in [-0.1, -0.05) is 48.0 Å². The molecule has 4 heteroatoms. The summed E-state index contributed by atoms with van der Waals surface area (Å²) >= 11 is 5.97. The van der Waals surface area contributed by atoms with E-state index in [-0.39, 0.29) is 0 Å². The van der Waals surface area contributed by atoms with Crippen LogP contribution >= 0.6 is 11.6 Å². The molecular formula is C15H12ClNO2. The van der Waals surface area contributed by atoms with Crippen molar-refractivity contribution in [1.29, 1.82) is 0 Å². The summed E-state index contributed by atoms with van der Waals surface area (Å²) in [4.78, 5) is 11.0. The van der Waals surface area contributed by atoms with E-state index in [0.29, 0.717) is 5.02 Å². The van der Waals surface area contributed by atoms with Gasteiger partial charge in [0.1, 0.15) is 0 Å². The van der Waals surface area contributed by atoms with Crippen molar-refractivity contribution in [2.24, 2.45) is 0 Å². The number of benzene rings is 2. The number of carbonyl (C=O) groups excluding carboxylic acids is 1. The number of hydrogen-bond donors (Lipinski definition) is 2. The van der Waals surface area contributed by atoms with Crippen molar-refractivity contribution >= 4 is 23.6 Å². The highest BCUT2D eigenvalue weighted by atomic mass is 35.5. The van der Waals surface area contributed by atoms with Crippen LogP contribution in [0.5, 0.6) is 0 Å². The number of hydrogen-bond acceptors (Lipinski definition) is 2. The molecule has 19 heavy (non-hydrogen) atoms. The van der Waals surface area contributed by atoms with Gasteiger partial charge in [-0.05, 0) is 34.9 Å². The quantitative estimate of drug-likeness (QED) is 0.511. The average molecular weight is 274 g/mol. The molecule has 2 aromatic rings. The van der Waals surface area contributed by atoms with Crippen LogP contribution in [0.3, 0.4) is 0 Å². The molecule has 0 aromatic heterocycles. The molecule has 2 rings (SSSR count). The van der Waals surface area contributed by atoms with Crippen LogP contribution in [0.25, 0.3) is 17.2 Å². The zero-order chi connectivity index (χ0) is 13.7. The Morgan fingerprint density at radius 3 is 2.58 bits per heavy atom. The summed E-state index contributed by atoms with van der Waals surface area (Å²) in [6.45, 7) is 0. The van der Waals surface area contributed by atoms with E-state index >= 15 is 0 Å². The third-order valence-corrected chi connectivity index (χ3v) is 2.86. The molecule has 0 aliphatic heterocycles. The van der Waals surface area contributed by atoms with Crippen molar-refractivity contribution in [2.75, 3.05) is 0 Å². The second-order valence-electron chi connectivity index (χ2n) is 3.91. The van der Waals surface area contributed by atoms with Crippen LogP contribution in [0.1, 0.15) is 5.56 Å². The first-order chi connectivity index (χ1) is 9.20. The van der Waals surface area contributed by atoms with Crippen LogP contribution in [0.2, 0.25) is 5.02 Å². The molecule has 0 atom stereocenters. The zero-order valence-corrected chi connectivity index (χ0v) is 10.8. The Labute approximate surface area is 116 Å². The molecule has 1 amide bonds. The van der Waals surface area contributed by atoms with Gasteiger partial charge in [-0.15, -0.1) is 0 Å². The van der Waals surface area contributed by atoms with Crippen LogP contribution in [-0.2, 0) is 4.79 Å². The second kappa shape index (κ2) is 6.18. The lowest BCUT2D eigenvalue weighted by molar-refractivity contribution is -0.124. The average Bonchev–Trinajstić information content (AvgIpc) is 2.45. The van der Waals surface area contributed by atoms with Gasteiger partial charge in [-0.3, -0.25) is 10.0 Å². The van der Waals surface area contributed by atoms with E-state index in [4.69, 9.17) is 16.8 Å². The number of halogens is 1. The monoisotopic (exact) mass is 273 g/mol. The van der Waals surface area contributed by atoms with Crippen molar-refractivity contribution < 1.29 is 10.0 Å². The van der Waals surface area contributed by atoms with Gasteiger partial charge in [0.2, 0.25) is 0 Å². The number of carbonyl (C=O) groups is 1. The van der Waals surface area contributed by atoms with Crippen molar-refractivity contribution in [2.45, 2.75) is 0 Å². The minimum atomic E-state index is -0.584. The Kier molecular flexibility index (Phi) is 4.34. The van der Waals surface area contributed by atoms with Gasteiger partial charge in [0, 0.05) is 11.1 Å². The van der Waals surface area contributed by atoms with E-state index in [2.05, 4.69) is 0 Å². The summed E-state index contributed by atoms with van der Waals surface area (Å²) in [6, 6.07) is 15.2. The fourth-order valence-corrected chi connectivity index (χ4v) is 1.94. The van der Waals surface area contributed by atoms with Crippen molar-refractivity contribution in [1.82, 2.24) is 5.48 Å². The van der Waals surface area contributed by atoms with E-state index in [1.807, 2.05) is 36.4 Å². The normalized spacial score (nSPS) is 10.6. The first-order valence-electron chi connectivity index (χ1n) is 5.68. The molecule has 0 aliphatic rings. The topological polar surface area (TPSA) is 49.3 Å². The summed E-state index contributed by atoms with van der Waals surface area (Å²) in [6.07, 6.45) is 2.86. The van der Waals surface area contributed by atoms with Crippen LogP contribution in [-0.4, -0.2) is 11.1 Å². The second-order valence-corrected chi connectivity index (χ2v) is 4.34. The molecule has 0 saturated heterocycles. The maximum absolute atomic E-state index is 11.0. The molecular weight excluding hydrogens is 262 g/mol. The first-order valence-corrected chi connectivity index (χ1v) is 6.05. The van der Waals surface area contributed by atoms with Gasteiger partial charge in [0.15, 0.2) is 0 Å². The lowest BCUT2D eigenvalue weighted by Crippen LogP contribution is -2.14. The highest BCUT2D eigenvalue weighted by Crippen LogP contribution is 2.27. The van der Waals surface area contributed by atoms with Crippen molar-refractivity contribution in [3.8, 4) is 11.1 Å². The van der Waals surface area contributed by atoms with Crippen LogP contribution < -0.4 is 5.48 Å². The molecule has 0 unspecified atom stereocenters. The number of rotatable bonds is 3. The van der Waals surface area contributed by atoms with E-state index in [1.165, 1.54) is 6.08 Å². The standard InChI is InChI=1S/C15H12ClNO2/c16-13-7-8-14(11-4-2-1-3-5-11)12(10-13)6-9-15(18)17-19/h1-10,19H,(H,17,18).